The van der Waals surface area contributed by atoms with E-state index < -0.39 is 5.97 Å². The van der Waals surface area contributed by atoms with Gasteiger partial charge in [-0.1, -0.05) is 5.16 Å². The van der Waals surface area contributed by atoms with Crippen LogP contribution in [0.3, 0.4) is 0 Å². The molecule has 9 heteroatoms. The Morgan fingerprint density at radius 3 is 2.71 bits per heavy atom. The van der Waals surface area contributed by atoms with Gasteiger partial charge in [0.1, 0.15) is 5.56 Å². The molecule has 9 nitrogen and oxygen atoms in total. The molecule has 31 heavy (non-hydrogen) atoms. The Kier molecular flexibility index (Phi) is 5.75. The summed E-state index contributed by atoms with van der Waals surface area (Å²) in [5.74, 6) is 0.323. The Morgan fingerprint density at radius 2 is 2.03 bits per heavy atom. The summed E-state index contributed by atoms with van der Waals surface area (Å²) in [6, 6.07) is 8.89. The van der Waals surface area contributed by atoms with Gasteiger partial charge in [-0.15, -0.1) is 0 Å². The van der Waals surface area contributed by atoms with Crippen LogP contribution in [0.4, 0.5) is 10.5 Å². The monoisotopic (exact) mass is 423 g/mol. The van der Waals surface area contributed by atoms with Crippen LogP contribution in [0.15, 0.2) is 41.1 Å². The number of hydrogen-bond donors (Lipinski definition) is 1. The summed E-state index contributed by atoms with van der Waals surface area (Å²) in [7, 11) is 0. The summed E-state index contributed by atoms with van der Waals surface area (Å²) in [5.41, 5.74) is 3.38. The molecule has 2 aromatic heterocycles. The fourth-order valence-corrected chi connectivity index (χ4v) is 3.81. The van der Waals surface area contributed by atoms with Crippen molar-refractivity contribution in [3.8, 4) is 5.69 Å². The van der Waals surface area contributed by atoms with Gasteiger partial charge in [0.05, 0.1) is 35.9 Å². The van der Waals surface area contributed by atoms with E-state index in [-0.39, 0.29) is 12.1 Å². The predicted octanol–water partition coefficient (Wildman–Crippen LogP) is 4.02. The average molecular weight is 423 g/mol. The van der Waals surface area contributed by atoms with E-state index >= 15 is 0 Å². The van der Waals surface area contributed by atoms with Crippen molar-refractivity contribution in [2.24, 2.45) is 0 Å². The zero-order valence-corrected chi connectivity index (χ0v) is 17.8. The van der Waals surface area contributed by atoms with Crippen molar-refractivity contribution in [2.75, 3.05) is 18.5 Å². The number of rotatable bonds is 5. The lowest BCUT2D eigenvalue weighted by atomic mass is 10.1. The smallest absolute Gasteiger partial charge is 0.341 e. The molecule has 1 atom stereocenters. The maximum absolute atomic E-state index is 12.8. The second kappa shape index (κ2) is 8.63. The first-order chi connectivity index (χ1) is 15.0. The third kappa shape index (κ3) is 4.16. The molecule has 1 aromatic carbocycles. The number of benzene rings is 1. The Labute approximate surface area is 180 Å². The maximum atomic E-state index is 12.8. The molecule has 0 saturated carbocycles. The van der Waals surface area contributed by atoms with Crippen LogP contribution < -0.4 is 5.32 Å². The first kappa shape index (κ1) is 20.6. The van der Waals surface area contributed by atoms with Crippen molar-refractivity contribution in [3.05, 3.63) is 59.2 Å². The molecule has 0 radical (unpaired) electrons. The third-order valence-electron chi connectivity index (χ3n) is 5.36. The lowest BCUT2D eigenvalue weighted by Crippen LogP contribution is -2.34. The van der Waals surface area contributed by atoms with Gasteiger partial charge in [-0.05, 0) is 57.9 Å². The zero-order valence-electron chi connectivity index (χ0n) is 17.8. The number of aryl methyl sites for hydroxylation is 1. The standard InChI is InChI=1S/C22H25N5O4/c1-4-30-21(28)18-13-23-27(15(18)3)17-9-7-16(8-10-17)24-22(29)26-11-5-6-19(26)20-12-14(2)25-31-20/h7-10,12-13,19H,4-6,11H2,1-3H3,(H,24,29)/t19-/m1/s1. The molecular weight excluding hydrogens is 398 g/mol. The molecule has 0 unspecified atom stereocenters. The van der Waals surface area contributed by atoms with Gasteiger partial charge in [0.25, 0.3) is 0 Å². The van der Waals surface area contributed by atoms with Crippen LogP contribution in [0, 0.1) is 13.8 Å². The quantitative estimate of drug-likeness (QED) is 0.622. The number of carbonyl (C=O) groups excluding carboxylic acids is 2. The minimum absolute atomic E-state index is 0.103. The minimum Gasteiger partial charge on any atom is -0.462 e. The van der Waals surface area contributed by atoms with Crippen molar-refractivity contribution in [1.82, 2.24) is 19.8 Å². The molecule has 3 aromatic rings. The van der Waals surface area contributed by atoms with Crippen LogP contribution in [0.25, 0.3) is 5.69 Å². The Morgan fingerprint density at radius 1 is 1.26 bits per heavy atom. The summed E-state index contributed by atoms with van der Waals surface area (Å²) >= 11 is 0. The highest BCUT2D eigenvalue weighted by Gasteiger charge is 2.32. The molecule has 3 heterocycles. The molecule has 0 aliphatic carbocycles. The Bertz CT molecular complexity index is 1090. The summed E-state index contributed by atoms with van der Waals surface area (Å²) in [4.78, 5) is 26.6. The van der Waals surface area contributed by atoms with Crippen LogP contribution >= 0.6 is 0 Å². The van der Waals surface area contributed by atoms with E-state index in [2.05, 4.69) is 15.6 Å². The number of carbonyl (C=O) groups is 2. The van der Waals surface area contributed by atoms with Gasteiger partial charge in [0, 0.05) is 18.3 Å². The van der Waals surface area contributed by atoms with Gasteiger partial charge >= 0.3 is 12.0 Å². The average Bonchev–Trinajstić information content (AvgIpc) is 3.48. The molecule has 1 N–H and O–H groups in total. The lowest BCUT2D eigenvalue weighted by molar-refractivity contribution is 0.0525. The van der Waals surface area contributed by atoms with Crippen molar-refractivity contribution < 1.29 is 18.8 Å². The predicted molar refractivity (Wildman–Crippen MR) is 113 cm³/mol. The largest absolute Gasteiger partial charge is 0.462 e. The third-order valence-corrected chi connectivity index (χ3v) is 5.36. The number of amides is 2. The zero-order chi connectivity index (χ0) is 22.0. The molecule has 1 fully saturated rings. The first-order valence-electron chi connectivity index (χ1n) is 10.3. The second-order valence-electron chi connectivity index (χ2n) is 7.48. The van der Waals surface area contributed by atoms with Crippen molar-refractivity contribution >= 4 is 17.7 Å². The van der Waals surface area contributed by atoms with Crippen molar-refractivity contribution in [3.63, 3.8) is 0 Å². The van der Waals surface area contributed by atoms with E-state index in [9.17, 15) is 9.59 Å². The van der Waals surface area contributed by atoms with Crippen LogP contribution in [0.2, 0.25) is 0 Å². The summed E-state index contributed by atoms with van der Waals surface area (Å²) in [6.45, 7) is 6.42. The number of likely N-dealkylation sites (tertiary alicyclic amines) is 1. The van der Waals surface area contributed by atoms with E-state index in [1.165, 1.54) is 6.20 Å². The number of esters is 1. The maximum Gasteiger partial charge on any atom is 0.341 e. The van der Waals surface area contributed by atoms with Crippen LogP contribution in [0.5, 0.6) is 0 Å². The van der Waals surface area contributed by atoms with E-state index in [0.717, 1.165) is 24.2 Å². The van der Waals surface area contributed by atoms with Gasteiger partial charge < -0.3 is 19.5 Å². The van der Waals surface area contributed by atoms with Gasteiger partial charge in [0.15, 0.2) is 5.76 Å². The van der Waals surface area contributed by atoms with Crippen LogP contribution in [-0.2, 0) is 4.74 Å². The highest BCUT2D eigenvalue weighted by atomic mass is 16.5. The van der Waals surface area contributed by atoms with Gasteiger partial charge in [-0.2, -0.15) is 5.10 Å². The minimum atomic E-state index is -0.391. The van der Waals surface area contributed by atoms with Crippen molar-refractivity contribution in [1.29, 1.82) is 0 Å². The number of nitrogens with zero attached hydrogens (tertiary/aromatic N) is 4. The molecule has 0 bridgehead atoms. The summed E-state index contributed by atoms with van der Waals surface area (Å²) in [5, 5.41) is 11.2. The fourth-order valence-electron chi connectivity index (χ4n) is 3.81. The number of anilines is 1. The molecule has 1 aliphatic rings. The number of urea groups is 1. The SMILES string of the molecule is CCOC(=O)c1cnn(-c2ccc(NC(=O)N3CCC[C@@H]3c3cc(C)no3)cc2)c1C. The van der Waals surface area contributed by atoms with Gasteiger partial charge in [-0.3, -0.25) is 0 Å². The molecule has 1 saturated heterocycles. The van der Waals surface area contributed by atoms with E-state index in [4.69, 9.17) is 9.26 Å². The van der Waals surface area contributed by atoms with E-state index in [1.807, 2.05) is 44.2 Å². The highest BCUT2D eigenvalue weighted by molar-refractivity contribution is 5.91. The van der Waals surface area contributed by atoms with Gasteiger partial charge in [-0.25, -0.2) is 14.3 Å². The number of aromatic nitrogens is 3. The molecule has 0 spiro atoms. The summed E-state index contributed by atoms with van der Waals surface area (Å²) < 4.78 is 12.1. The number of nitrogens with one attached hydrogen (secondary N) is 1. The molecule has 1 aliphatic heterocycles. The molecular formula is C22H25N5O4. The lowest BCUT2D eigenvalue weighted by Gasteiger charge is -2.23. The normalized spacial score (nSPS) is 15.8. The van der Waals surface area contributed by atoms with E-state index in [1.54, 1.807) is 16.5 Å². The number of hydrogen-bond acceptors (Lipinski definition) is 6. The van der Waals surface area contributed by atoms with E-state index in [0.29, 0.717) is 35.9 Å². The molecule has 2 amide bonds. The van der Waals surface area contributed by atoms with Crippen LogP contribution in [0.1, 0.15) is 53.3 Å². The Hall–Kier alpha value is -3.62. The second-order valence-corrected chi connectivity index (χ2v) is 7.48. The molecule has 162 valence electrons. The highest BCUT2D eigenvalue weighted by Crippen LogP contribution is 2.32. The first-order valence-corrected chi connectivity index (χ1v) is 10.3. The van der Waals surface area contributed by atoms with Crippen molar-refractivity contribution in [2.45, 2.75) is 39.7 Å². The topological polar surface area (TPSA) is 102 Å². The number of ether oxygens (including phenoxy) is 1. The summed E-state index contributed by atoms with van der Waals surface area (Å²) in [6.07, 6.45) is 3.27. The van der Waals surface area contributed by atoms with Crippen LogP contribution in [-0.4, -0.2) is 45.0 Å². The fraction of sp³-hybridized carbons (Fsp3) is 0.364. The molecule has 4 rings (SSSR count). The Balaban J connectivity index is 1.45. The van der Waals surface area contributed by atoms with Gasteiger partial charge in [0.2, 0.25) is 0 Å².